The number of rotatable bonds is 10. The zero-order valence-corrected chi connectivity index (χ0v) is 21.6. The fraction of sp³-hybridized carbons (Fsp3) is 0.152. The van der Waals surface area contributed by atoms with Crippen LogP contribution in [0.1, 0.15) is 36.1 Å². The third kappa shape index (κ3) is 5.68. The van der Waals surface area contributed by atoms with E-state index in [1.165, 1.54) is 0 Å². The van der Waals surface area contributed by atoms with Gasteiger partial charge in [0.05, 0.1) is 24.7 Å². The van der Waals surface area contributed by atoms with Crippen molar-refractivity contribution in [2.24, 2.45) is 0 Å². The summed E-state index contributed by atoms with van der Waals surface area (Å²) in [6, 6.07) is 39.1. The molecule has 4 aromatic rings. The molecule has 0 fully saturated rings. The molecule has 0 radical (unpaired) electrons. The van der Waals surface area contributed by atoms with Crippen molar-refractivity contribution >= 4 is 17.6 Å². The Bertz CT molecular complexity index is 1270. The summed E-state index contributed by atoms with van der Waals surface area (Å²) in [6.07, 6.45) is 1.12. The van der Waals surface area contributed by atoms with E-state index in [1.54, 1.807) is 13.8 Å². The van der Waals surface area contributed by atoms with Crippen LogP contribution in [0.15, 0.2) is 127 Å². The maximum absolute atomic E-state index is 12.5. The second-order valence-electron chi connectivity index (χ2n) is 8.58. The Hall–Kier alpha value is -4.64. The van der Waals surface area contributed by atoms with Gasteiger partial charge in [-0.05, 0) is 48.2 Å². The van der Waals surface area contributed by atoms with Crippen LogP contribution in [-0.4, -0.2) is 25.2 Å². The molecule has 5 heteroatoms. The maximum Gasteiger partial charge on any atom is 0.355 e. The molecule has 0 heterocycles. The molecular formula is C33H31NO4. The van der Waals surface area contributed by atoms with E-state index < -0.39 is 17.4 Å². The van der Waals surface area contributed by atoms with Gasteiger partial charge in [-0.25, -0.2) is 9.59 Å². The minimum absolute atomic E-state index is 0.0125. The van der Waals surface area contributed by atoms with Crippen LogP contribution in [0, 0.1) is 0 Å². The number of ether oxygens (including phenoxy) is 2. The molecule has 38 heavy (non-hydrogen) atoms. The van der Waals surface area contributed by atoms with Crippen molar-refractivity contribution < 1.29 is 19.1 Å². The first kappa shape index (κ1) is 26.4. The van der Waals surface area contributed by atoms with Gasteiger partial charge in [-0.3, -0.25) is 0 Å². The molecule has 0 aliphatic heterocycles. The van der Waals surface area contributed by atoms with Crippen molar-refractivity contribution in [1.29, 1.82) is 0 Å². The van der Waals surface area contributed by atoms with Crippen LogP contribution in [0.2, 0.25) is 0 Å². The zero-order chi connectivity index (χ0) is 26.8. The van der Waals surface area contributed by atoms with Crippen LogP contribution in [0.5, 0.6) is 0 Å². The Morgan fingerprint density at radius 2 is 1.05 bits per heavy atom. The minimum Gasteiger partial charge on any atom is -0.463 e. The number of esters is 2. The molecule has 1 N–H and O–H groups in total. The molecule has 4 aromatic carbocycles. The molecule has 5 nitrogen and oxygen atoms in total. The van der Waals surface area contributed by atoms with E-state index in [0.29, 0.717) is 5.69 Å². The molecule has 0 unspecified atom stereocenters. The van der Waals surface area contributed by atoms with Gasteiger partial charge in [0.1, 0.15) is 5.70 Å². The van der Waals surface area contributed by atoms with Gasteiger partial charge in [0.2, 0.25) is 0 Å². The molecular weight excluding hydrogens is 474 g/mol. The number of carbonyl (C=O) groups is 2. The van der Waals surface area contributed by atoms with Crippen LogP contribution in [0.4, 0.5) is 5.69 Å². The second-order valence-corrected chi connectivity index (χ2v) is 8.58. The molecule has 0 bridgehead atoms. The van der Waals surface area contributed by atoms with Crippen LogP contribution >= 0.6 is 0 Å². The van der Waals surface area contributed by atoms with Crippen molar-refractivity contribution in [1.82, 2.24) is 0 Å². The highest BCUT2D eigenvalue weighted by molar-refractivity contribution is 5.98. The number of hydrogen-bond donors (Lipinski definition) is 1. The minimum atomic E-state index is -0.628. The third-order valence-electron chi connectivity index (χ3n) is 6.26. The number of anilines is 1. The molecule has 0 aliphatic rings. The quantitative estimate of drug-likeness (QED) is 0.152. The highest BCUT2D eigenvalue weighted by Crippen LogP contribution is 2.45. The van der Waals surface area contributed by atoms with E-state index >= 15 is 0 Å². The first-order valence-electron chi connectivity index (χ1n) is 12.7. The summed E-state index contributed by atoms with van der Waals surface area (Å²) >= 11 is 0. The van der Waals surface area contributed by atoms with E-state index in [1.807, 2.05) is 42.5 Å². The van der Waals surface area contributed by atoms with Gasteiger partial charge in [-0.1, -0.05) is 103 Å². The van der Waals surface area contributed by atoms with Crippen LogP contribution < -0.4 is 5.32 Å². The van der Waals surface area contributed by atoms with Gasteiger partial charge in [0.15, 0.2) is 0 Å². The van der Waals surface area contributed by atoms with Crippen molar-refractivity contribution in [3.05, 3.63) is 149 Å². The third-order valence-corrected chi connectivity index (χ3v) is 6.26. The normalized spacial score (nSPS) is 11.5. The van der Waals surface area contributed by atoms with Gasteiger partial charge in [0.25, 0.3) is 0 Å². The van der Waals surface area contributed by atoms with Crippen molar-refractivity contribution in [3.8, 4) is 0 Å². The molecule has 0 aliphatic carbocycles. The van der Waals surface area contributed by atoms with Crippen molar-refractivity contribution in [2.75, 3.05) is 18.5 Å². The molecule has 0 spiro atoms. The average Bonchev–Trinajstić information content (AvgIpc) is 2.96. The molecule has 4 rings (SSSR count). The average molecular weight is 506 g/mol. The first-order chi connectivity index (χ1) is 18.6. The number of carbonyl (C=O) groups excluding carboxylic acids is 2. The zero-order valence-electron chi connectivity index (χ0n) is 21.6. The fourth-order valence-electron chi connectivity index (χ4n) is 4.68. The number of hydrogen-bond acceptors (Lipinski definition) is 5. The Balaban J connectivity index is 1.82. The predicted octanol–water partition coefficient (Wildman–Crippen LogP) is 6.49. The Kier molecular flexibility index (Phi) is 8.73. The monoisotopic (exact) mass is 505 g/mol. The summed E-state index contributed by atoms with van der Waals surface area (Å²) in [5.74, 6) is -1.24. The van der Waals surface area contributed by atoms with E-state index in [4.69, 9.17) is 9.47 Å². The summed E-state index contributed by atoms with van der Waals surface area (Å²) < 4.78 is 10.1. The van der Waals surface area contributed by atoms with Crippen molar-refractivity contribution in [3.63, 3.8) is 0 Å². The molecule has 0 saturated carbocycles. The standard InChI is InChI=1S/C33H31NO4/c1-3-37-31(35)24-30(32(36)38-4-2)34-29-22-20-28(21-23-29)33(25-14-8-5-9-15-25,26-16-10-6-11-17-26)27-18-12-7-13-19-27/h5-24,34H,3-4H2,1-2H3/b30-24-. The Morgan fingerprint density at radius 3 is 1.47 bits per heavy atom. The lowest BCUT2D eigenvalue weighted by molar-refractivity contribution is -0.140. The number of benzene rings is 4. The topological polar surface area (TPSA) is 64.6 Å². The number of nitrogens with one attached hydrogen (secondary N) is 1. The van der Waals surface area contributed by atoms with Crippen LogP contribution in [0.25, 0.3) is 0 Å². The van der Waals surface area contributed by atoms with E-state index in [0.717, 1.165) is 28.3 Å². The predicted molar refractivity (Wildman–Crippen MR) is 150 cm³/mol. The smallest absolute Gasteiger partial charge is 0.355 e. The van der Waals surface area contributed by atoms with Gasteiger partial charge in [-0.15, -0.1) is 0 Å². The summed E-state index contributed by atoms with van der Waals surface area (Å²) in [6.45, 7) is 3.82. The Morgan fingerprint density at radius 1 is 0.632 bits per heavy atom. The Labute approximate surface area is 223 Å². The second kappa shape index (κ2) is 12.5. The van der Waals surface area contributed by atoms with Gasteiger partial charge >= 0.3 is 11.9 Å². The van der Waals surface area contributed by atoms with Gasteiger partial charge in [-0.2, -0.15) is 0 Å². The lowest BCUT2D eigenvalue weighted by atomic mass is 9.65. The molecule has 192 valence electrons. The summed E-state index contributed by atoms with van der Waals surface area (Å²) in [5, 5.41) is 3.04. The lowest BCUT2D eigenvalue weighted by Gasteiger charge is -2.37. The fourth-order valence-corrected chi connectivity index (χ4v) is 4.68. The largest absolute Gasteiger partial charge is 0.463 e. The van der Waals surface area contributed by atoms with Crippen molar-refractivity contribution in [2.45, 2.75) is 19.3 Å². The lowest BCUT2D eigenvalue weighted by Crippen LogP contribution is -2.31. The highest BCUT2D eigenvalue weighted by atomic mass is 16.5. The van der Waals surface area contributed by atoms with Gasteiger partial charge < -0.3 is 14.8 Å². The molecule has 0 saturated heterocycles. The van der Waals surface area contributed by atoms with E-state index in [2.05, 4.69) is 78.1 Å². The SMILES string of the molecule is CCOC(=O)/C=C(\Nc1ccc(C(c2ccccc2)(c2ccccc2)c2ccccc2)cc1)C(=O)OCC. The summed E-state index contributed by atoms with van der Waals surface area (Å²) in [4.78, 5) is 24.6. The van der Waals surface area contributed by atoms with Crippen LogP contribution in [-0.2, 0) is 24.5 Å². The summed E-state index contributed by atoms with van der Waals surface area (Å²) in [5.41, 5.74) is 4.53. The van der Waals surface area contributed by atoms with E-state index in [9.17, 15) is 9.59 Å². The molecule has 0 aromatic heterocycles. The van der Waals surface area contributed by atoms with Crippen LogP contribution in [0.3, 0.4) is 0 Å². The van der Waals surface area contributed by atoms with E-state index in [-0.39, 0.29) is 18.9 Å². The molecule has 0 amide bonds. The highest BCUT2D eigenvalue weighted by Gasteiger charge is 2.38. The summed E-state index contributed by atoms with van der Waals surface area (Å²) in [7, 11) is 0. The first-order valence-corrected chi connectivity index (χ1v) is 12.7. The van der Waals surface area contributed by atoms with Gasteiger partial charge in [0, 0.05) is 5.69 Å². The molecule has 0 atom stereocenters. The maximum atomic E-state index is 12.5.